The summed E-state index contributed by atoms with van der Waals surface area (Å²) in [4.78, 5) is 38.6. The van der Waals surface area contributed by atoms with Gasteiger partial charge in [0, 0.05) is 10.7 Å². The van der Waals surface area contributed by atoms with Crippen molar-refractivity contribution in [1.29, 1.82) is 0 Å². The van der Waals surface area contributed by atoms with E-state index >= 15 is 0 Å². The number of rotatable bonds is 3. The fraction of sp³-hybridized carbons (Fsp3) is 0.500. The van der Waals surface area contributed by atoms with E-state index in [4.69, 9.17) is 11.6 Å². The molecular formula is C18H20ClNO3. The third-order valence-corrected chi connectivity index (χ3v) is 5.52. The molecule has 5 heteroatoms. The van der Waals surface area contributed by atoms with Crippen LogP contribution < -0.4 is 4.90 Å². The zero-order valence-corrected chi connectivity index (χ0v) is 14.1. The van der Waals surface area contributed by atoms with E-state index in [-0.39, 0.29) is 17.7 Å². The van der Waals surface area contributed by atoms with Crippen LogP contribution in [0.3, 0.4) is 0 Å². The molecule has 1 aromatic carbocycles. The number of halogens is 1. The molecule has 23 heavy (non-hydrogen) atoms. The zero-order chi connectivity index (χ0) is 16.7. The van der Waals surface area contributed by atoms with Crippen LogP contribution in [0.15, 0.2) is 18.2 Å². The number of benzene rings is 1. The molecule has 0 radical (unpaired) electrons. The minimum Gasteiger partial charge on any atom is -0.301 e. The number of amides is 1. The molecule has 2 atom stereocenters. The lowest BCUT2D eigenvalue weighted by atomic mass is 9.85. The minimum absolute atomic E-state index is 0.204. The highest BCUT2D eigenvalue weighted by Crippen LogP contribution is 2.41. The molecule has 0 aromatic heterocycles. The van der Waals surface area contributed by atoms with Crippen LogP contribution in [0.5, 0.6) is 0 Å². The standard InChI is InChI=1S/C18H20ClNO3/c1-10-9-13(7-8-14(10)19)20-16(12-5-3-4-6-12)15(11(2)21)17(22)18(20)23/h7-9,12,15-16H,3-6H2,1-2H3/t15?,16-/m1/s1. The Hall–Kier alpha value is -1.68. The van der Waals surface area contributed by atoms with Crippen LogP contribution in [0.1, 0.15) is 38.2 Å². The summed E-state index contributed by atoms with van der Waals surface area (Å²) >= 11 is 6.07. The molecular weight excluding hydrogens is 314 g/mol. The maximum atomic E-state index is 12.6. The number of carbonyl (C=O) groups excluding carboxylic acids is 3. The molecule has 2 fully saturated rings. The molecule has 1 aliphatic carbocycles. The van der Waals surface area contributed by atoms with Crippen molar-refractivity contribution in [1.82, 2.24) is 0 Å². The van der Waals surface area contributed by atoms with Crippen molar-refractivity contribution < 1.29 is 14.4 Å². The number of Topliss-reactive ketones (excluding diaryl/α,β-unsaturated/α-hetero) is 2. The topological polar surface area (TPSA) is 54.5 Å². The number of hydrogen-bond acceptors (Lipinski definition) is 3. The Morgan fingerprint density at radius 2 is 1.87 bits per heavy atom. The molecule has 2 aliphatic rings. The molecule has 1 amide bonds. The number of hydrogen-bond donors (Lipinski definition) is 0. The summed E-state index contributed by atoms with van der Waals surface area (Å²) in [6.07, 6.45) is 4.08. The van der Waals surface area contributed by atoms with Gasteiger partial charge >= 0.3 is 0 Å². The van der Waals surface area contributed by atoms with Crippen LogP contribution in [0, 0.1) is 18.8 Å². The molecule has 4 nitrogen and oxygen atoms in total. The molecule has 122 valence electrons. The summed E-state index contributed by atoms with van der Waals surface area (Å²) in [6, 6.07) is 4.95. The van der Waals surface area contributed by atoms with Crippen LogP contribution in [0.4, 0.5) is 5.69 Å². The fourth-order valence-electron chi connectivity index (χ4n) is 3.97. The van der Waals surface area contributed by atoms with Crippen LogP contribution >= 0.6 is 11.6 Å². The highest BCUT2D eigenvalue weighted by Gasteiger charge is 2.53. The van der Waals surface area contributed by atoms with Crippen molar-refractivity contribution in [2.24, 2.45) is 11.8 Å². The third-order valence-electron chi connectivity index (χ3n) is 5.09. The van der Waals surface area contributed by atoms with Gasteiger partial charge in [-0.2, -0.15) is 0 Å². The van der Waals surface area contributed by atoms with E-state index in [0.29, 0.717) is 10.7 Å². The number of anilines is 1. The van der Waals surface area contributed by atoms with Gasteiger partial charge in [0.05, 0.1) is 6.04 Å². The smallest absolute Gasteiger partial charge is 0.295 e. The minimum atomic E-state index is -0.832. The number of carbonyl (C=O) groups is 3. The number of ketones is 2. The first-order valence-corrected chi connectivity index (χ1v) is 8.43. The molecule has 1 aliphatic heterocycles. The first-order chi connectivity index (χ1) is 10.9. The predicted molar refractivity (Wildman–Crippen MR) is 88.6 cm³/mol. The van der Waals surface area contributed by atoms with Crippen LogP contribution in [0.2, 0.25) is 5.02 Å². The fourth-order valence-corrected chi connectivity index (χ4v) is 4.08. The van der Waals surface area contributed by atoms with Gasteiger partial charge in [0.1, 0.15) is 11.7 Å². The maximum Gasteiger partial charge on any atom is 0.295 e. The van der Waals surface area contributed by atoms with E-state index in [0.717, 1.165) is 31.2 Å². The second-order valence-electron chi connectivity index (χ2n) is 6.60. The Morgan fingerprint density at radius 1 is 1.22 bits per heavy atom. The summed E-state index contributed by atoms with van der Waals surface area (Å²) in [5.41, 5.74) is 1.51. The van der Waals surface area contributed by atoms with Gasteiger partial charge in [-0.3, -0.25) is 14.4 Å². The van der Waals surface area contributed by atoms with Crippen molar-refractivity contribution in [2.75, 3.05) is 4.90 Å². The zero-order valence-electron chi connectivity index (χ0n) is 13.3. The molecule has 1 unspecified atom stereocenters. The van der Waals surface area contributed by atoms with Gasteiger partial charge in [0.25, 0.3) is 5.91 Å². The SMILES string of the molecule is CC(=O)C1C(=O)C(=O)N(c2ccc(Cl)c(C)c2)[C@@H]1C1CCCC1. The lowest BCUT2D eigenvalue weighted by Crippen LogP contribution is -2.42. The Bertz CT molecular complexity index is 679. The van der Waals surface area contributed by atoms with E-state index < -0.39 is 17.6 Å². The molecule has 1 aromatic rings. The number of aryl methyl sites for hydroxylation is 1. The van der Waals surface area contributed by atoms with Gasteiger partial charge in [-0.25, -0.2) is 0 Å². The average molecular weight is 334 g/mol. The normalized spacial score (nSPS) is 25.4. The van der Waals surface area contributed by atoms with Gasteiger partial charge in [0.15, 0.2) is 0 Å². The lowest BCUT2D eigenvalue weighted by Gasteiger charge is -2.31. The second kappa shape index (κ2) is 6.08. The molecule has 1 heterocycles. The Morgan fingerprint density at radius 3 is 2.43 bits per heavy atom. The average Bonchev–Trinajstić information content (AvgIpc) is 3.10. The molecule has 3 rings (SSSR count). The van der Waals surface area contributed by atoms with Crippen LogP contribution in [-0.2, 0) is 14.4 Å². The largest absolute Gasteiger partial charge is 0.301 e. The monoisotopic (exact) mass is 333 g/mol. The Kier molecular flexibility index (Phi) is 4.28. The Labute approximate surface area is 140 Å². The number of nitrogens with zero attached hydrogens (tertiary/aromatic N) is 1. The summed E-state index contributed by atoms with van der Waals surface area (Å²) in [7, 11) is 0. The third kappa shape index (κ3) is 2.69. The highest BCUT2D eigenvalue weighted by molar-refractivity contribution is 6.48. The van der Waals surface area contributed by atoms with Crippen LogP contribution in [-0.4, -0.2) is 23.5 Å². The van der Waals surface area contributed by atoms with Crippen molar-refractivity contribution in [3.63, 3.8) is 0 Å². The van der Waals surface area contributed by atoms with Gasteiger partial charge in [-0.05, 0) is 56.4 Å². The molecule has 0 N–H and O–H groups in total. The van der Waals surface area contributed by atoms with E-state index in [1.54, 1.807) is 17.0 Å². The van der Waals surface area contributed by atoms with Crippen molar-refractivity contribution in [3.8, 4) is 0 Å². The van der Waals surface area contributed by atoms with Crippen molar-refractivity contribution in [2.45, 2.75) is 45.6 Å². The lowest BCUT2D eigenvalue weighted by molar-refractivity contribution is -0.138. The summed E-state index contributed by atoms with van der Waals surface area (Å²) in [6.45, 7) is 3.27. The van der Waals surface area contributed by atoms with Gasteiger partial charge in [-0.1, -0.05) is 24.4 Å². The first-order valence-electron chi connectivity index (χ1n) is 8.06. The van der Waals surface area contributed by atoms with E-state index in [1.807, 2.05) is 13.0 Å². The van der Waals surface area contributed by atoms with Crippen molar-refractivity contribution in [3.05, 3.63) is 28.8 Å². The summed E-state index contributed by atoms with van der Waals surface area (Å²) in [5, 5.41) is 0.618. The van der Waals surface area contributed by atoms with Crippen molar-refractivity contribution >= 4 is 34.8 Å². The van der Waals surface area contributed by atoms with Gasteiger partial charge < -0.3 is 4.90 Å². The summed E-state index contributed by atoms with van der Waals surface area (Å²) in [5.74, 6) is -1.98. The van der Waals surface area contributed by atoms with E-state index in [2.05, 4.69) is 0 Å². The molecule has 0 spiro atoms. The molecule has 0 bridgehead atoms. The summed E-state index contributed by atoms with van der Waals surface area (Å²) < 4.78 is 0. The van der Waals surface area contributed by atoms with Gasteiger partial charge in [0.2, 0.25) is 5.78 Å². The highest BCUT2D eigenvalue weighted by atomic mass is 35.5. The molecule has 1 saturated heterocycles. The molecule has 1 saturated carbocycles. The van der Waals surface area contributed by atoms with E-state index in [1.165, 1.54) is 6.92 Å². The van der Waals surface area contributed by atoms with E-state index in [9.17, 15) is 14.4 Å². The Balaban J connectivity index is 2.07. The predicted octanol–water partition coefficient (Wildman–Crippen LogP) is 3.33. The first kappa shape index (κ1) is 16.2. The van der Waals surface area contributed by atoms with Crippen LogP contribution in [0.25, 0.3) is 0 Å². The quantitative estimate of drug-likeness (QED) is 0.629. The second-order valence-corrected chi connectivity index (χ2v) is 7.00. The van der Waals surface area contributed by atoms with Gasteiger partial charge in [-0.15, -0.1) is 0 Å². The maximum absolute atomic E-state index is 12.6.